The van der Waals surface area contributed by atoms with E-state index in [4.69, 9.17) is 5.73 Å². The van der Waals surface area contributed by atoms with Crippen LogP contribution in [0, 0.1) is 0 Å². The Labute approximate surface area is 113 Å². The van der Waals surface area contributed by atoms with Crippen LogP contribution in [0.25, 0.3) is 10.7 Å². The summed E-state index contributed by atoms with van der Waals surface area (Å²) in [7, 11) is 0. The van der Waals surface area contributed by atoms with Gasteiger partial charge in [0.05, 0.1) is 10.6 Å². The van der Waals surface area contributed by atoms with E-state index in [2.05, 4.69) is 25.9 Å². The molecular formula is C10H7BrF3N3S. The van der Waals surface area contributed by atoms with E-state index in [1.807, 2.05) is 0 Å². The topological polar surface area (TPSA) is 51.8 Å². The number of hydrogen-bond acceptors (Lipinski definition) is 4. The average molecular weight is 338 g/mol. The normalized spacial score (nSPS) is 11.8. The van der Waals surface area contributed by atoms with Gasteiger partial charge in [0, 0.05) is 17.2 Å². The molecule has 2 rings (SSSR count). The van der Waals surface area contributed by atoms with Crippen LogP contribution in [0.4, 0.5) is 13.2 Å². The molecule has 2 N–H and O–H groups in total. The highest BCUT2D eigenvalue weighted by molar-refractivity contribution is 9.10. The Bertz CT molecular complexity index is 550. The number of alkyl halides is 3. The molecule has 0 radical (unpaired) electrons. The van der Waals surface area contributed by atoms with Crippen LogP contribution in [-0.4, -0.2) is 9.97 Å². The van der Waals surface area contributed by atoms with Crippen molar-refractivity contribution in [3.8, 4) is 10.7 Å². The molecule has 0 aliphatic rings. The third kappa shape index (κ3) is 2.70. The van der Waals surface area contributed by atoms with E-state index in [0.29, 0.717) is 5.69 Å². The van der Waals surface area contributed by atoms with Gasteiger partial charge in [0.2, 0.25) is 0 Å². The lowest BCUT2D eigenvalue weighted by Crippen LogP contribution is -2.10. The first-order chi connectivity index (χ1) is 8.41. The molecule has 0 bridgehead atoms. The summed E-state index contributed by atoms with van der Waals surface area (Å²) in [6.07, 6.45) is -2.98. The number of nitrogens with zero attached hydrogens (tertiary/aromatic N) is 2. The van der Waals surface area contributed by atoms with E-state index in [9.17, 15) is 13.2 Å². The van der Waals surface area contributed by atoms with Crippen molar-refractivity contribution in [2.45, 2.75) is 12.7 Å². The van der Waals surface area contributed by atoms with E-state index in [1.165, 1.54) is 6.20 Å². The molecule has 3 nitrogen and oxygen atoms in total. The van der Waals surface area contributed by atoms with Crippen LogP contribution in [0.3, 0.4) is 0 Å². The molecule has 96 valence electrons. The molecule has 0 amide bonds. The standard InChI is InChI=1S/C10H7BrF3N3S/c11-5-1-2-6(16-4-5)9-17-8(10(12,13)14)7(3-15)18-9/h1-2,4H,3,15H2. The first-order valence-corrected chi connectivity index (χ1v) is 6.41. The summed E-state index contributed by atoms with van der Waals surface area (Å²) in [5.41, 5.74) is 4.78. The van der Waals surface area contributed by atoms with Gasteiger partial charge in [0.15, 0.2) is 5.69 Å². The van der Waals surface area contributed by atoms with Gasteiger partial charge in [-0.05, 0) is 28.1 Å². The quantitative estimate of drug-likeness (QED) is 0.913. The van der Waals surface area contributed by atoms with Crippen LogP contribution < -0.4 is 5.73 Å². The molecule has 2 heterocycles. The van der Waals surface area contributed by atoms with Crippen LogP contribution >= 0.6 is 27.3 Å². The molecule has 0 saturated carbocycles. The second-order valence-electron chi connectivity index (χ2n) is 3.35. The summed E-state index contributed by atoms with van der Waals surface area (Å²) in [5.74, 6) is 0. The van der Waals surface area contributed by atoms with Gasteiger partial charge in [-0.2, -0.15) is 13.2 Å². The summed E-state index contributed by atoms with van der Waals surface area (Å²) < 4.78 is 38.8. The first kappa shape index (κ1) is 13.4. The fraction of sp³-hybridized carbons (Fsp3) is 0.200. The minimum Gasteiger partial charge on any atom is -0.326 e. The van der Waals surface area contributed by atoms with Gasteiger partial charge in [-0.15, -0.1) is 11.3 Å². The molecule has 0 aliphatic carbocycles. The average Bonchev–Trinajstić information content (AvgIpc) is 2.73. The Hall–Kier alpha value is -0.990. The van der Waals surface area contributed by atoms with Crippen molar-refractivity contribution >= 4 is 27.3 Å². The van der Waals surface area contributed by atoms with Crippen molar-refractivity contribution in [2.24, 2.45) is 5.73 Å². The molecule has 2 aromatic heterocycles. The summed E-state index contributed by atoms with van der Waals surface area (Å²) in [4.78, 5) is 7.62. The van der Waals surface area contributed by atoms with E-state index in [-0.39, 0.29) is 16.4 Å². The lowest BCUT2D eigenvalue weighted by atomic mass is 10.3. The van der Waals surface area contributed by atoms with Crippen LogP contribution in [0.15, 0.2) is 22.8 Å². The Morgan fingerprint density at radius 3 is 2.50 bits per heavy atom. The Kier molecular flexibility index (Phi) is 3.69. The summed E-state index contributed by atoms with van der Waals surface area (Å²) >= 11 is 4.11. The van der Waals surface area contributed by atoms with Crippen LogP contribution in [-0.2, 0) is 12.7 Å². The van der Waals surface area contributed by atoms with Crippen molar-refractivity contribution in [1.29, 1.82) is 0 Å². The van der Waals surface area contributed by atoms with Gasteiger partial charge < -0.3 is 5.73 Å². The second kappa shape index (κ2) is 4.94. The second-order valence-corrected chi connectivity index (χ2v) is 5.35. The number of nitrogens with two attached hydrogens (primary N) is 1. The summed E-state index contributed by atoms with van der Waals surface area (Å²) in [6.45, 7) is -0.191. The molecule has 8 heteroatoms. The maximum Gasteiger partial charge on any atom is 0.434 e. The monoisotopic (exact) mass is 337 g/mol. The van der Waals surface area contributed by atoms with Crippen LogP contribution in [0.5, 0.6) is 0 Å². The fourth-order valence-corrected chi connectivity index (χ4v) is 2.50. The van der Waals surface area contributed by atoms with Gasteiger partial charge in [0.25, 0.3) is 0 Å². The van der Waals surface area contributed by atoms with Crippen molar-refractivity contribution in [3.05, 3.63) is 33.4 Å². The van der Waals surface area contributed by atoms with Crippen LogP contribution in [0.1, 0.15) is 10.6 Å². The zero-order chi connectivity index (χ0) is 13.3. The minimum atomic E-state index is -4.49. The van der Waals surface area contributed by atoms with Crippen molar-refractivity contribution in [1.82, 2.24) is 9.97 Å². The number of pyridine rings is 1. The Morgan fingerprint density at radius 1 is 1.33 bits per heavy atom. The highest BCUT2D eigenvalue weighted by Crippen LogP contribution is 2.37. The molecule has 18 heavy (non-hydrogen) atoms. The lowest BCUT2D eigenvalue weighted by Gasteiger charge is -2.03. The maximum atomic E-state index is 12.7. The molecule has 0 aromatic carbocycles. The van der Waals surface area contributed by atoms with E-state index >= 15 is 0 Å². The predicted molar refractivity (Wildman–Crippen MR) is 65.9 cm³/mol. The molecule has 0 saturated heterocycles. The van der Waals surface area contributed by atoms with Gasteiger partial charge in [0.1, 0.15) is 5.01 Å². The van der Waals surface area contributed by atoms with E-state index < -0.39 is 11.9 Å². The SMILES string of the molecule is NCc1sc(-c2ccc(Br)cn2)nc1C(F)(F)F. The fourth-order valence-electron chi connectivity index (χ4n) is 1.32. The van der Waals surface area contributed by atoms with Crippen molar-refractivity contribution < 1.29 is 13.2 Å². The molecule has 0 atom stereocenters. The summed E-state index contributed by atoms with van der Waals surface area (Å²) in [5, 5.41) is 0.218. The Balaban J connectivity index is 2.47. The number of hydrogen-bond donors (Lipinski definition) is 1. The highest BCUT2D eigenvalue weighted by Gasteiger charge is 2.37. The number of rotatable bonds is 2. The van der Waals surface area contributed by atoms with Gasteiger partial charge >= 0.3 is 6.18 Å². The largest absolute Gasteiger partial charge is 0.434 e. The maximum absolute atomic E-state index is 12.7. The minimum absolute atomic E-state index is 0.0159. The molecule has 0 fully saturated rings. The molecule has 0 aliphatic heterocycles. The molecule has 0 unspecified atom stereocenters. The molecule has 0 spiro atoms. The van der Waals surface area contributed by atoms with Crippen LogP contribution in [0.2, 0.25) is 0 Å². The molecular weight excluding hydrogens is 331 g/mol. The highest BCUT2D eigenvalue weighted by atomic mass is 79.9. The first-order valence-electron chi connectivity index (χ1n) is 4.80. The van der Waals surface area contributed by atoms with Gasteiger partial charge in [-0.25, -0.2) is 4.98 Å². The zero-order valence-electron chi connectivity index (χ0n) is 8.83. The molecule has 2 aromatic rings. The zero-order valence-corrected chi connectivity index (χ0v) is 11.2. The number of aromatic nitrogens is 2. The third-order valence-corrected chi connectivity index (χ3v) is 3.67. The third-order valence-electron chi connectivity index (χ3n) is 2.10. The summed E-state index contributed by atoms with van der Waals surface area (Å²) in [6, 6.07) is 3.29. The van der Waals surface area contributed by atoms with E-state index in [0.717, 1.165) is 15.8 Å². The lowest BCUT2D eigenvalue weighted by molar-refractivity contribution is -0.141. The number of halogens is 4. The van der Waals surface area contributed by atoms with Gasteiger partial charge in [-0.1, -0.05) is 0 Å². The smallest absolute Gasteiger partial charge is 0.326 e. The predicted octanol–water partition coefficient (Wildman–Crippen LogP) is 3.45. The van der Waals surface area contributed by atoms with Crippen molar-refractivity contribution in [2.75, 3.05) is 0 Å². The van der Waals surface area contributed by atoms with Crippen molar-refractivity contribution in [3.63, 3.8) is 0 Å². The van der Waals surface area contributed by atoms with Gasteiger partial charge in [-0.3, -0.25) is 4.98 Å². The number of thiazole rings is 1. The Morgan fingerprint density at radius 2 is 2.06 bits per heavy atom. The van der Waals surface area contributed by atoms with E-state index in [1.54, 1.807) is 12.1 Å².